The topological polar surface area (TPSA) is 82.2 Å². The van der Waals surface area contributed by atoms with E-state index in [1.807, 2.05) is 0 Å². The molecule has 0 unspecified atom stereocenters. The first-order chi connectivity index (χ1) is 18.1. The number of carbonyl (C=O) groups excluding carboxylic acids is 1. The van der Waals surface area contributed by atoms with Crippen molar-refractivity contribution in [2.75, 3.05) is 5.32 Å². The number of phenolic OH excluding ortho intramolecular Hbond substituents is 1. The summed E-state index contributed by atoms with van der Waals surface area (Å²) in [7, 11) is 0. The number of aromatic nitrogens is 1. The Morgan fingerprint density at radius 2 is 1.84 bits per heavy atom. The first-order valence-electron chi connectivity index (χ1n) is 14.4. The van der Waals surface area contributed by atoms with Crippen molar-refractivity contribution in [1.29, 1.82) is 0 Å². The molecule has 0 aliphatic carbocycles. The van der Waals surface area contributed by atoms with Crippen molar-refractivity contribution in [2.45, 2.75) is 65.0 Å². The molecule has 1 aromatic heterocycles. The number of fused-ring (bicyclic) bond motifs is 1. The average molecular weight is 430 g/mol. The van der Waals surface area contributed by atoms with Gasteiger partial charge in [0.05, 0.1) is 0 Å². The average Bonchev–Trinajstić information content (AvgIpc) is 2.75. The fourth-order valence-electron chi connectivity index (χ4n) is 3.47. The zero-order valence-electron chi connectivity index (χ0n) is 26.7. The van der Waals surface area contributed by atoms with Crippen molar-refractivity contribution in [3.63, 3.8) is 0 Å². The molecule has 164 valence electrons. The Morgan fingerprint density at radius 1 is 1.13 bits per heavy atom. The third-order valence-corrected chi connectivity index (χ3v) is 5.34. The lowest BCUT2D eigenvalue weighted by Crippen LogP contribution is -2.25. The number of para-hydroxylation sites is 1. The number of pyridine rings is 1. The number of nitrogens with one attached hydrogen (secondary N) is 2. The van der Waals surface area contributed by atoms with Crippen LogP contribution in [0.2, 0.25) is 0 Å². The number of hydrogen-bond donors (Lipinski definition) is 3. The highest BCUT2D eigenvalue weighted by Crippen LogP contribution is 2.42. The lowest BCUT2D eigenvalue weighted by atomic mass is 9.74. The summed E-state index contributed by atoms with van der Waals surface area (Å²) >= 11 is 0. The van der Waals surface area contributed by atoms with Gasteiger partial charge in [-0.05, 0) is 47.4 Å². The van der Waals surface area contributed by atoms with Crippen molar-refractivity contribution in [2.24, 2.45) is 0 Å². The summed E-state index contributed by atoms with van der Waals surface area (Å²) in [5.41, 5.74) is -3.49. The van der Waals surface area contributed by atoms with E-state index in [0.29, 0.717) is 16.5 Å². The molecular formula is C26H32N2O3. The lowest BCUT2D eigenvalue weighted by molar-refractivity contribution is 0.102. The second kappa shape index (κ2) is 8.22. The van der Waals surface area contributed by atoms with Gasteiger partial charge >= 0.3 is 0 Å². The van der Waals surface area contributed by atoms with Crippen molar-refractivity contribution in [3.8, 4) is 5.75 Å². The molecule has 0 atom stereocenters. The number of H-pyrrole nitrogens is 1. The maximum absolute atomic E-state index is 13.2. The van der Waals surface area contributed by atoms with Gasteiger partial charge in [0.2, 0.25) is 5.43 Å². The molecule has 3 N–H and O–H groups in total. The Kier molecular flexibility index (Phi) is 3.54. The van der Waals surface area contributed by atoms with Gasteiger partial charge in [-0.3, -0.25) is 9.59 Å². The number of rotatable bonds is 5. The third-order valence-electron chi connectivity index (χ3n) is 5.34. The Labute approximate surface area is 196 Å². The van der Waals surface area contributed by atoms with Crippen LogP contribution in [0, 0.1) is 0 Å². The summed E-state index contributed by atoms with van der Waals surface area (Å²) in [4.78, 5) is 29.1. The minimum atomic E-state index is -3.13. The lowest BCUT2D eigenvalue weighted by Gasteiger charge is -2.32. The van der Waals surface area contributed by atoms with Crippen molar-refractivity contribution >= 4 is 22.5 Å². The fourth-order valence-corrected chi connectivity index (χ4v) is 3.47. The van der Waals surface area contributed by atoms with E-state index in [4.69, 9.17) is 12.3 Å². The molecule has 31 heavy (non-hydrogen) atoms. The summed E-state index contributed by atoms with van der Waals surface area (Å²) in [6.45, 7) is -3.61. The smallest absolute Gasteiger partial charge is 0.261 e. The van der Waals surface area contributed by atoms with Crippen LogP contribution in [0.1, 0.15) is 88.0 Å². The molecule has 3 aromatic rings. The molecule has 0 saturated carbocycles. The normalized spacial score (nSPS) is 17.7. The number of anilines is 1. The van der Waals surface area contributed by atoms with E-state index in [1.165, 1.54) is 12.3 Å². The molecule has 3 rings (SSSR count). The number of carbonyl (C=O) groups is 1. The van der Waals surface area contributed by atoms with E-state index in [-0.39, 0.29) is 16.8 Å². The van der Waals surface area contributed by atoms with Crippen molar-refractivity contribution < 1.29 is 22.2 Å². The molecule has 0 spiro atoms. The molecule has 0 radical (unpaired) electrons. The number of aromatic amines is 1. The molecule has 0 aliphatic heterocycles. The predicted octanol–water partition coefficient (Wildman–Crippen LogP) is 5.86. The van der Waals surface area contributed by atoms with E-state index < -0.39 is 61.3 Å². The Bertz CT molecular complexity index is 1460. The molecule has 0 saturated heterocycles. The summed E-state index contributed by atoms with van der Waals surface area (Å²) in [5.74, 6) is -1.49. The maximum atomic E-state index is 13.2. The standard InChI is InChI=1S/C26H32N2O3/c1-7-26(6,8-2)19-13-18(25(3,4)5)21(14-22(19)29)28-24(31)17-15-27-20-12-10-9-11-16(20)23(17)30/h9-15,29H,7-8H2,1-6H3,(H,27,30)(H,28,31)/i1D3,2D3,6D3. The van der Waals surface area contributed by atoms with E-state index in [9.17, 15) is 14.7 Å². The maximum Gasteiger partial charge on any atom is 0.261 e. The van der Waals surface area contributed by atoms with E-state index in [2.05, 4.69) is 10.3 Å². The van der Waals surface area contributed by atoms with Crippen molar-refractivity contribution in [1.82, 2.24) is 4.98 Å². The van der Waals surface area contributed by atoms with Crippen LogP contribution in [0.25, 0.3) is 10.9 Å². The van der Waals surface area contributed by atoms with Gasteiger partial charge in [-0.2, -0.15) is 0 Å². The molecule has 0 bridgehead atoms. The molecule has 2 aromatic carbocycles. The molecule has 0 fully saturated rings. The predicted molar refractivity (Wildman–Crippen MR) is 127 cm³/mol. The highest BCUT2D eigenvalue weighted by molar-refractivity contribution is 6.06. The first kappa shape index (κ1) is 13.4. The molecule has 0 aliphatic rings. The number of phenols is 1. The van der Waals surface area contributed by atoms with Crippen LogP contribution in [0.5, 0.6) is 5.75 Å². The highest BCUT2D eigenvalue weighted by atomic mass is 16.3. The molecule has 5 heteroatoms. The highest BCUT2D eigenvalue weighted by Gasteiger charge is 2.30. The third kappa shape index (κ3) is 4.22. The SMILES string of the molecule is [2H]C([2H])([2H])CC(CC([2H])([2H])[2H])(c1cc(C(C)(C)C)c(NC(=O)c2c[nH]c3ccccc3c2=O)cc1O)C([2H])([2H])[2H]. The van der Waals surface area contributed by atoms with Gasteiger partial charge in [0.1, 0.15) is 11.3 Å². The summed E-state index contributed by atoms with van der Waals surface area (Å²) in [5, 5.41) is 14.0. The van der Waals surface area contributed by atoms with E-state index in [0.717, 1.165) is 6.07 Å². The number of hydrogen-bond acceptors (Lipinski definition) is 3. The van der Waals surface area contributed by atoms with Crippen LogP contribution >= 0.6 is 0 Å². The van der Waals surface area contributed by atoms with Crippen molar-refractivity contribution in [3.05, 3.63) is 69.5 Å². The van der Waals surface area contributed by atoms with Crippen LogP contribution in [0.3, 0.4) is 0 Å². The summed E-state index contributed by atoms with van der Waals surface area (Å²) < 4.78 is 71.6. The van der Waals surface area contributed by atoms with Gasteiger partial charge < -0.3 is 15.4 Å². The zero-order valence-corrected chi connectivity index (χ0v) is 17.7. The quantitative estimate of drug-likeness (QED) is 0.475. The largest absolute Gasteiger partial charge is 0.508 e. The summed E-state index contributed by atoms with van der Waals surface area (Å²) in [6, 6.07) is 8.96. The molecule has 1 amide bonds. The minimum Gasteiger partial charge on any atom is -0.508 e. The van der Waals surface area contributed by atoms with Gasteiger partial charge in [-0.25, -0.2) is 0 Å². The van der Waals surface area contributed by atoms with Crippen LogP contribution < -0.4 is 10.7 Å². The van der Waals surface area contributed by atoms with Crippen LogP contribution in [-0.2, 0) is 10.8 Å². The van der Waals surface area contributed by atoms with Crippen LogP contribution in [-0.4, -0.2) is 16.0 Å². The van der Waals surface area contributed by atoms with E-state index in [1.54, 1.807) is 45.0 Å². The Morgan fingerprint density at radius 3 is 2.48 bits per heavy atom. The fraction of sp³-hybridized carbons (Fsp3) is 0.385. The Hall–Kier alpha value is -3.08. The number of amides is 1. The van der Waals surface area contributed by atoms with Gasteiger partial charge in [-0.15, -0.1) is 0 Å². The first-order valence-corrected chi connectivity index (χ1v) is 9.86. The number of benzene rings is 2. The molecule has 5 nitrogen and oxygen atoms in total. The second-order valence-electron chi connectivity index (χ2n) is 8.63. The zero-order chi connectivity index (χ0) is 30.5. The molecule has 1 heterocycles. The molecular weight excluding hydrogens is 388 g/mol. The summed E-state index contributed by atoms with van der Waals surface area (Å²) in [6.07, 6.45) is -0.814. The minimum absolute atomic E-state index is 0.0496. The second-order valence-corrected chi connectivity index (χ2v) is 8.63. The number of aromatic hydroxyl groups is 1. The Balaban J connectivity index is 2.24. The van der Waals surface area contributed by atoms with E-state index >= 15 is 0 Å². The van der Waals surface area contributed by atoms with Gasteiger partial charge in [0.25, 0.3) is 5.91 Å². The van der Waals surface area contributed by atoms with Crippen LogP contribution in [0.4, 0.5) is 5.69 Å². The van der Waals surface area contributed by atoms with Gasteiger partial charge in [0.15, 0.2) is 0 Å². The van der Waals surface area contributed by atoms with Gasteiger partial charge in [0, 0.05) is 46.8 Å². The monoisotopic (exact) mass is 429 g/mol. The van der Waals surface area contributed by atoms with Gasteiger partial charge in [-0.1, -0.05) is 53.5 Å². The van der Waals surface area contributed by atoms with Crippen LogP contribution in [0.15, 0.2) is 47.4 Å².